The van der Waals surface area contributed by atoms with Gasteiger partial charge in [0.05, 0.1) is 0 Å². The molecule has 1 aromatic heterocycles. The minimum atomic E-state index is -3.00. The number of nitrogens with zero attached hydrogens (tertiary/aromatic N) is 6. The Balaban J connectivity index is 0.000000144. The maximum Gasteiger partial charge on any atom is 0.137 e. The molecule has 0 amide bonds. The largest absolute Gasteiger partial charge is 0.363 e. The molecule has 3 saturated carbocycles. The van der Waals surface area contributed by atoms with Crippen molar-refractivity contribution in [2.24, 2.45) is 34.0 Å². The van der Waals surface area contributed by atoms with Crippen LogP contribution < -0.4 is 24.5 Å². The van der Waals surface area contributed by atoms with Gasteiger partial charge < -0.3 is 24.5 Å². The van der Waals surface area contributed by atoms with Gasteiger partial charge in [0.2, 0.25) is 0 Å². The smallest absolute Gasteiger partial charge is 0.137 e. The third kappa shape index (κ3) is 13.8. The molecule has 6 heterocycles. The van der Waals surface area contributed by atoms with Crippen LogP contribution in [0.3, 0.4) is 0 Å². The highest BCUT2D eigenvalue weighted by Crippen LogP contribution is 2.63. The average molecular weight is 1350 g/mol. The van der Waals surface area contributed by atoms with Gasteiger partial charge >= 0.3 is 0 Å². The van der Waals surface area contributed by atoms with Gasteiger partial charge in [-0.3, -0.25) is 0 Å². The van der Waals surface area contributed by atoms with E-state index in [0.29, 0.717) is 11.6 Å². The zero-order valence-electron chi connectivity index (χ0n) is 81.5. The molecular weight excluding hydrogens is 1200 g/mol. The predicted molar refractivity (Wildman–Crippen MR) is 429 cm³/mol. The summed E-state index contributed by atoms with van der Waals surface area (Å²) in [6, 6.07) is 51.0. The Labute approximate surface area is 628 Å². The number of fused-ring (bicyclic) bond motifs is 5. The van der Waals surface area contributed by atoms with Crippen LogP contribution in [0.25, 0.3) is 0 Å². The molecule has 99 heavy (non-hydrogen) atoms. The molecule has 8 aliphatic rings. The van der Waals surface area contributed by atoms with Gasteiger partial charge in [0.25, 0.3) is 0 Å². The van der Waals surface area contributed by atoms with E-state index in [0.717, 1.165) is 81.8 Å². The molecular formula is C93H130N6. The number of para-hydroxylation sites is 6. The molecule has 6 nitrogen and oxygen atoms in total. The van der Waals surface area contributed by atoms with E-state index in [2.05, 4.69) is 154 Å². The predicted octanol–water partition coefficient (Wildman–Crippen LogP) is 24.9. The standard InChI is InChI=1S/C23H35N.C19H29N.C18H21N.C17H20N2.C16H25N/c1-16-12-19-10-11-23(20(13-16)14-19)15-22(4,5)24(18(23)3)21-9-7-6-8-17(21)2;1-15-10-6-7-11-17(15)20-16(2)19(14-18(20,3)4)12-8-5-9-13-19;1-13-9-5-7-11-16(13)19-14(2)18(3,4)15-10-6-8-12-17(15)19;1-12-8-5-6-10-15(12)19-13(2)17(3,4)14-9-7-11-18-16(14)19;1-12-9-7-8-10-14(12)17-13(2)15(3,4)11-16(17,5)6/h6-9,16,18-20H,10-15H2,1-5H3;6-7,10-11,16H,5,8-9,12-14H2,1-4H3;5-12,14H,1-4H3;5-11,13H,1-4H3;7-10,13H,11H2,1-6H3/i15D2;14D2;2*3D3;3D3,4D3,11D2. The Morgan fingerprint density at radius 2 is 0.818 bits per heavy atom. The average Bonchev–Trinajstić information content (AvgIpc) is 1.50. The van der Waals surface area contributed by atoms with Crippen molar-refractivity contribution in [3.05, 3.63) is 203 Å². The third-order valence-electron chi connectivity index (χ3n) is 24.8. The number of hydrogen-bond donors (Lipinski definition) is 0. The fourth-order valence-corrected chi connectivity index (χ4v) is 19.6. The molecule has 2 spiro atoms. The van der Waals surface area contributed by atoms with Crippen LogP contribution in [0.4, 0.5) is 39.9 Å². The van der Waals surface area contributed by atoms with E-state index < -0.39 is 85.4 Å². The maximum atomic E-state index is 9.43. The summed E-state index contributed by atoms with van der Waals surface area (Å²) in [5, 5.41) is 0. The zero-order chi connectivity index (χ0) is 87.0. The zero-order valence-corrected chi connectivity index (χ0v) is 63.5. The van der Waals surface area contributed by atoms with Crippen LogP contribution in [0.15, 0.2) is 164 Å². The van der Waals surface area contributed by atoms with Gasteiger partial charge in [0.1, 0.15) is 5.82 Å². The van der Waals surface area contributed by atoms with Gasteiger partial charge in [0, 0.05) is 128 Å². The quantitative estimate of drug-likeness (QED) is 0.171. The molecule has 532 valence electrons. The molecule has 0 radical (unpaired) electrons. The molecule has 6 fully saturated rings. The number of aryl methyl sites for hydroxylation is 5. The number of benzene rings is 6. The Hall–Kier alpha value is -6.53. The second kappa shape index (κ2) is 28.0. The molecule has 0 N–H and O–H groups in total. The fourth-order valence-electron chi connectivity index (χ4n) is 19.6. The van der Waals surface area contributed by atoms with E-state index in [4.69, 9.17) is 21.9 Å². The second-order valence-corrected chi connectivity index (χ2v) is 33.0. The lowest BCUT2D eigenvalue weighted by atomic mass is 9.53. The Bertz CT molecular complexity index is 4550. The van der Waals surface area contributed by atoms with Crippen molar-refractivity contribution in [3.8, 4) is 0 Å². The van der Waals surface area contributed by atoms with Gasteiger partial charge in [-0.15, -0.1) is 0 Å². The summed E-state index contributed by atoms with van der Waals surface area (Å²) in [6.45, 7) is 27.9. The first-order valence-electron chi connectivity index (χ1n) is 46.3. The third-order valence-corrected chi connectivity index (χ3v) is 24.8. The lowest BCUT2D eigenvalue weighted by Crippen LogP contribution is -2.49. The van der Waals surface area contributed by atoms with Crippen LogP contribution in [0.2, 0.25) is 0 Å². The van der Waals surface area contributed by atoms with Crippen LogP contribution in [0.5, 0.6) is 0 Å². The van der Waals surface area contributed by atoms with Gasteiger partial charge in [-0.25, -0.2) is 4.98 Å². The number of pyridine rings is 1. The van der Waals surface area contributed by atoms with Crippen molar-refractivity contribution < 1.29 is 24.7 Å². The lowest BCUT2D eigenvalue weighted by molar-refractivity contribution is 0.0000449. The molecule has 3 saturated heterocycles. The van der Waals surface area contributed by atoms with E-state index >= 15 is 0 Å². The molecule has 3 aliphatic carbocycles. The molecule has 7 aromatic rings. The topological polar surface area (TPSA) is 29.1 Å². The number of aromatic nitrogens is 1. The van der Waals surface area contributed by atoms with Crippen molar-refractivity contribution in [1.82, 2.24) is 4.98 Å². The van der Waals surface area contributed by atoms with Crippen LogP contribution in [0.1, 0.15) is 271 Å². The summed E-state index contributed by atoms with van der Waals surface area (Å²) in [6.07, 6.45) is 8.56. The van der Waals surface area contributed by atoms with E-state index in [1.54, 1.807) is 37.1 Å². The van der Waals surface area contributed by atoms with E-state index in [-0.39, 0.29) is 35.0 Å². The SMILES string of the molecule is [2H]C([2H])([2H])C1(C([2H])([2H])[2H])C(C)N(c2ccccc2C)C(C)(C)C1([2H])[2H].[2H]C([2H])([2H])C1(C)c2ccccc2N(c2ccccc2C)C1C.[2H]C([2H])([2H])C1(C)c2cccnc2N(c2ccccc2C)C1C.[2H]C1([2H])C2(CCC3CC(C)CC2C3)C(C)N(c2ccccc2C)C1(C)C.[2H]C1([2H])C2(CCCCC2)C(C)N(c2ccccc2C)C1(C)C. The van der Waals surface area contributed by atoms with Crippen LogP contribution in [0, 0.1) is 68.6 Å². The highest BCUT2D eigenvalue weighted by atomic mass is 15.3. The lowest BCUT2D eigenvalue weighted by Gasteiger charge is -2.52. The molecule has 6 heteroatoms. The van der Waals surface area contributed by atoms with Crippen LogP contribution in [-0.4, -0.2) is 51.8 Å². The van der Waals surface area contributed by atoms with Crippen LogP contribution >= 0.6 is 0 Å². The van der Waals surface area contributed by atoms with E-state index in [9.17, 15) is 2.74 Å². The molecule has 2 bridgehead atoms. The first-order chi connectivity index (χ1) is 54.0. The number of hydrogen-bond acceptors (Lipinski definition) is 6. The van der Waals surface area contributed by atoms with Crippen molar-refractivity contribution in [2.75, 3.05) is 24.5 Å². The monoisotopic (exact) mass is 1350 g/mol. The Kier molecular flexibility index (Phi) is 15.1. The van der Waals surface area contributed by atoms with Crippen molar-refractivity contribution in [3.63, 3.8) is 0 Å². The number of anilines is 7. The first kappa shape index (κ1) is 53.3. The molecule has 6 aromatic carbocycles. The van der Waals surface area contributed by atoms with Crippen molar-refractivity contribution in [2.45, 2.75) is 300 Å². The number of rotatable bonds is 5. The maximum absolute atomic E-state index is 9.43. The summed E-state index contributed by atoms with van der Waals surface area (Å²) in [7, 11) is 0. The normalized spacial score (nSPS) is 34.6. The first-order valence-corrected chi connectivity index (χ1v) is 37.3. The van der Waals surface area contributed by atoms with E-state index in [1.807, 2.05) is 126 Å². The Morgan fingerprint density at radius 1 is 0.394 bits per heavy atom. The Morgan fingerprint density at radius 3 is 1.32 bits per heavy atom. The summed E-state index contributed by atoms with van der Waals surface area (Å²) in [4.78, 5) is 15.2. The minimum Gasteiger partial charge on any atom is -0.363 e. The molecule has 5 aliphatic heterocycles. The second-order valence-electron chi connectivity index (χ2n) is 33.0. The van der Waals surface area contributed by atoms with Gasteiger partial charge in [-0.1, -0.05) is 183 Å². The van der Waals surface area contributed by atoms with Crippen molar-refractivity contribution in [1.29, 1.82) is 0 Å². The molecule has 15 rings (SSSR count). The van der Waals surface area contributed by atoms with Crippen molar-refractivity contribution >= 4 is 39.9 Å². The van der Waals surface area contributed by atoms with Gasteiger partial charge in [-0.05, 0) is 285 Å². The van der Waals surface area contributed by atoms with Crippen LogP contribution in [-0.2, 0) is 10.8 Å². The summed E-state index contributed by atoms with van der Waals surface area (Å²) in [5.74, 6) is 2.84. The highest BCUT2D eigenvalue weighted by Gasteiger charge is 2.60. The summed E-state index contributed by atoms with van der Waals surface area (Å²) in [5.41, 5.74) is 6.36. The molecule has 11 atom stereocenters. The summed E-state index contributed by atoms with van der Waals surface area (Å²) < 4.78 is 151. The highest BCUT2D eigenvalue weighted by molar-refractivity contribution is 5.76. The fraction of sp³-hybridized carbons (Fsp3) is 0.559. The summed E-state index contributed by atoms with van der Waals surface area (Å²) >= 11 is 0. The van der Waals surface area contributed by atoms with Gasteiger partial charge in [-0.2, -0.15) is 0 Å². The van der Waals surface area contributed by atoms with Gasteiger partial charge in [0.15, 0.2) is 0 Å². The molecule has 11 unspecified atom stereocenters. The minimum absolute atomic E-state index is 0.140. The van der Waals surface area contributed by atoms with E-state index in [1.165, 1.54) is 74.4 Å².